The fraction of sp³-hybridized carbons (Fsp3) is 0.929. The van der Waals surface area contributed by atoms with E-state index in [-0.39, 0.29) is 5.91 Å². The first kappa shape index (κ1) is 12.4. The minimum atomic E-state index is 0.237. The van der Waals surface area contributed by atoms with Crippen LogP contribution in [0.15, 0.2) is 0 Å². The highest BCUT2D eigenvalue weighted by atomic mass is 16.1. The SMILES string of the molecule is CN(C1CCCNC(=O)C1)C1CC2CCC(C1)N2. The first-order valence-corrected chi connectivity index (χ1v) is 7.47. The van der Waals surface area contributed by atoms with Crippen LogP contribution in [0.3, 0.4) is 0 Å². The molecule has 18 heavy (non-hydrogen) atoms. The van der Waals surface area contributed by atoms with Crippen molar-refractivity contribution in [2.75, 3.05) is 13.6 Å². The average molecular weight is 251 g/mol. The first-order chi connectivity index (χ1) is 8.72. The molecule has 3 unspecified atom stereocenters. The molecule has 3 aliphatic rings. The van der Waals surface area contributed by atoms with Gasteiger partial charge in [0.25, 0.3) is 0 Å². The van der Waals surface area contributed by atoms with Crippen molar-refractivity contribution < 1.29 is 4.79 Å². The summed E-state index contributed by atoms with van der Waals surface area (Å²) in [6.07, 6.45) is 8.21. The van der Waals surface area contributed by atoms with E-state index in [2.05, 4.69) is 22.6 Å². The third-order valence-corrected chi connectivity index (χ3v) is 5.06. The highest BCUT2D eigenvalue weighted by Crippen LogP contribution is 2.31. The fourth-order valence-corrected chi connectivity index (χ4v) is 3.96. The van der Waals surface area contributed by atoms with Crippen LogP contribution < -0.4 is 10.6 Å². The summed E-state index contributed by atoms with van der Waals surface area (Å²) >= 11 is 0. The van der Waals surface area contributed by atoms with Gasteiger partial charge in [-0.2, -0.15) is 0 Å². The summed E-state index contributed by atoms with van der Waals surface area (Å²) in [5.41, 5.74) is 0. The Morgan fingerprint density at radius 3 is 2.56 bits per heavy atom. The fourth-order valence-electron chi connectivity index (χ4n) is 3.96. The Morgan fingerprint density at radius 1 is 1.11 bits per heavy atom. The Hall–Kier alpha value is -0.610. The van der Waals surface area contributed by atoms with Gasteiger partial charge in [-0.05, 0) is 45.6 Å². The topological polar surface area (TPSA) is 44.4 Å². The number of hydrogen-bond donors (Lipinski definition) is 2. The molecular formula is C14H25N3O. The van der Waals surface area contributed by atoms with E-state index in [0.717, 1.165) is 31.5 Å². The van der Waals surface area contributed by atoms with Crippen LogP contribution in [-0.4, -0.2) is 48.6 Å². The predicted molar refractivity (Wildman–Crippen MR) is 71.4 cm³/mol. The lowest BCUT2D eigenvalue weighted by Gasteiger charge is -2.39. The van der Waals surface area contributed by atoms with Crippen molar-refractivity contribution in [3.63, 3.8) is 0 Å². The predicted octanol–water partition coefficient (Wildman–Crippen LogP) is 0.870. The molecule has 2 N–H and O–H groups in total. The van der Waals surface area contributed by atoms with Crippen LogP contribution in [0, 0.1) is 0 Å². The number of carbonyl (C=O) groups excluding carboxylic acids is 1. The van der Waals surface area contributed by atoms with Gasteiger partial charge in [0, 0.05) is 37.1 Å². The second kappa shape index (κ2) is 5.17. The van der Waals surface area contributed by atoms with Gasteiger partial charge in [-0.1, -0.05) is 0 Å². The molecule has 102 valence electrons. The molecule has 3 rings (SSSR count). The smallest absolute Gasteiger partial charge is 0.221 e. The summed E-state index contributed by atoms with van der Waals surface area (Å²) in [7, 11) is 2.23. The molecule has 0 aromatic rings. The van der Waals surface area contributed by atoms with E-state index < -0.39 is 0 Å². The highest BCUT2D eigenvalue weighted by Gasteiger charge is 2.37. The standard InChI is InChI=1S/C14H25N3O/c1-17(12-3-2-6-15-14(18)9-12)13-7-10-4-5-11(8-13)16-10/h10-13,16H,2-9H2,1H3,(H,15,18). The molecule has 0 aromatic heterocycles. The average Bonchev–Trinajstić information content (AvgIpc) is 2.59. The Kier molecular flexibility index (Phi) is 3.57. The van der Waals surface area contributed by atoms with Crippen molar-refractivity contribution in [2.45, 2.75) is 69.1 Å². The van der Waals surface area contributed by atoms with Gasteiger partial charge >= 0.3 is 0 Å². The van der Waals surface area contributed by atoms with Crippen LogP contribution in [0.2, 0.25) is 0 Å². The minimum absolute atomic E-state index is 0.237. The van der Waals surface area contributed by atoms with Gasteiger partial charge in [-0.25, -0.2) is 0 Å². The molecule has 3 heterocycles. The highest BCUT2D eigenvalue weighted by molar-refractivity contribution is 5.76. The monoisotopic (exact) mass is 251 g/mol. The number of carbonyl (C=O) groups is 1. The van der Waals surface area contributed by atoms with Crippen LogP contribution in [0.5, 0.6) is 0 Å². The summed E-state index contributed by atoms with van der Waals surface area (Å²) in [5.74, 6) is 0.237. The number of nitrogens with zero attached hydrogens (tertiary/aromatic N) is 1. The third-order valence-electron chi connectivity index (χ3n) is 5.06. The Balaban J connectivity index is 1.62. The van der Waals surface area contributed by atoms with Crippen molar-refractivity contribution in [1.29, 1.82) is 0 Å². The zero-order chi connectivity index (χ0) is 12.5. The van der Waals surface area contributed by atoms with Crippen LogP contribution in [0.25, 0.3) is 0 Å². The van der Waals surface area contributed by atoms with Crippen LogP contribution in [0.1, 0.15) is 44.9 Å². The molecule has 0 spiro atoms. The number of hydrogen-bond acceptors (Lipinski definition) is 3. The first-order valence-electron chi connectivity index (χ1n) is 7.47. The van der Waals surface area contributed by atoms with E-state index in [9.17, 15) is 4.79 Å². The molecular weight excluding hydrogens is 226 g/mol. The van der Waals surface area contributed by atoms with E-state index in [0.29, 0.717) is 18.5 Å². The summed E-state index contributed by atoms with van der Waals surface area (Å²) in [5, 5.41) is 6.68. The number of fused-ring (bicyclic) bond motifs is 2. The molecule has 2 bridgehead atoms. The maximum atomic E-state index is 11.7. The van der Waals surface area contributed by atoms with Crippen molar-refractivity contribution in [2.24, 2.45) is 0 Å². The quantitative estimate of drug-likeness (QED) is 0.765. The second-order valence-corrected chi connectivity index (χ2v) is 6.28. The van der Waals surface area contributed by atoms with E-state index in [1.165, 1.54) is 25.7 Å². The van der Waals surface area contributed by atoms with Crippen molar-refractivity contribution in [3.8, 4) is 0 Å². The normalized spacial score (nSPS) is 40.7. The minimum Gasteiger partial charge on any atom is -0.356 e. The van der Waals surface area contributed by atoms with Crippen molar-refractivity contribution in [3.05, 3.63) is 0 Å². The van der Waals surface area contributed by atoms with Crippen LogP contribution in [0.4, 0.5) is 0 Å². The van der Waals surface area contributed by atoms with E-state index >= 15 is 0 Å². The molecule has 0 saturated carbocycles. The van der Waals surface area contributed by atoms with Gasteiger partial charge in [0.1, 0.15) is 0 Å². The number of amides is 1. The largest absolute Gasteiger partial charge is 0.356 e. The maximum Gasteiger partial charge on any atom is 0.221 e. The Bertz CT molecular complexity index is 308. The second-order valence-electron chi connectivity index (χ2n) is 6.28. The molecule has 0 radical (unpaired) electrons. The maximum absolute atomic E-state index is 11.7. The molecule has 1 amide bonds. The van der Waals surface area contributed by atoms with Gasteiger partial charge in [-0.15, -0.1) is 0 Å². The molecule has 3 atom stereocenters. The summed E-state index contributed by atoms with van der Waals surface area (Å²) in [4.78, 5) is 14.2. The van der Waals surface area contributed by atoms with Crippen molar-refractivity contribution >= 4 is 5.91 Å². The van der Waals surface area contributed by atoms with E-state index in [1.54, 1.807) is 0 Å². The number of rotatable bonds is 2. The molecule has 0 aliphatic carbocycles. The lowest BCUT2D eigenvalue weighted by molar-refractivity contribution is -0.121. The van der Waals surface area contributed by atoms with Crippen molar-refractivity contribution in [1.82, 2.24) is 15.5 Å². The van der Waals surface area contributed by atoms with Gasteiger partial charge < -0.3 is 10.6 Å². The molecule has 3 aliphatic heterocycles. The van der Waals surface area contributed by atoms with Gasteiger partial charge in [-0.3, -0.25) is 9.69 Å². The van der Waals surface area contributed by atoms with Gasteiger partial charge in [0.2, 0.25) is 5.91 Å². The van der Waals surface area contributed by atoms with Crippen LogP contribution >= 0.6 is 0 Å². The molecule has 3 saturated heterocycles. The Labute approximate surface area is 109 Å². The summed E-state index contributed by atoms with van der Waals surface area (Å²) in [6.45, 7) is 0.862. The third kappa shape index (κ3) is 2.54. The van der Waals surface area contributed by atoms with E-state index in [1.807, 2.05) is 0 Å². The number of nitrogens with one attached hydrogen (secondary N) is 2. The molecule has 4 heteroatoms. The summed E-state index contributed by atoms with van der Waals surface area (Å²) < 4.78 is 0. The zero-order valence-electron chi connectivity index (χ0n) is 11.3. The molecule has 0 aromatic carbocycles. The van der Waals surface area contributed by atoms with E-state index in [4.69, 9.17) is 0 Å². The van der Waals surface area contributed by atoms with Gasteiger partial charge in [0.05, 0.1) is 0 Å². The summed E-state index contributed by atoms with van der Waals surface area (Å²) in [6, 6.07) is 2.60. The molecule has 3 fully saturated rings. The number of piperidine rings is 1. The van der Waals surface area contributed by atoms with Gasteiger partial charge in [0.15, 0.2) is 0 Å². The lowest BCUT2D eigenvalue weighted by Crippen LogP contribution is -2.50. The zero-order valence-corrected chi connectivity index (χ0v) is 11.3. The Morgan fingerprint density at radius 2 is 1.83 bits per heavy atom. The molecule has 4 nitrogen and oxygen atoms in total. The lowest BCUT2D eigenvalue weighted by atomic mass is 9.95. The van der Waals surface area contributed by atoms with Crippen LogP contribution in [-0.2, 0) is 4.79 Å².